The van der Waals surface area contributed by atoms with E-state index in [1.54, 1.807) is 0 Å². The van der Waals surface area contributed by atoms with Gasteiger partial charge in [-0.1, -0.05) is 12.8 Å². The van der Waals surface area contributed by atoms with Crippen molar-refractivity contribution >= 4 is 5.69 Å². The number of anilines is 1. The third-order valence-corrected chi connectivity index (χ3v) is 3.06. The minimum absolute atomic E-state index is 0.534. The maximum atomic E-state index is 5.76. The molecule has 0 saturated heterocycles. The van der Waals surface area contributed by atoms with E-state index in [1.165, 1.54) is 25.7 Å². The van der Waals surface area contributed by atoms with Gasteiger partial charge in [0, 0.05) is 12.2 Å². The molecule has 4 nitrogen and oxygen atoms in total. The molecule has 1 fully saturated rings. The van der Waals surface area contributed by atoms with Crippen molar-refractivity contribution in [3.63, 3.8) is 0 Å². The van der Waals surface area contributed by atoms with Crippen molar-refractivity contribution < 1.29 is 0 Å². The highest BCUT2D eigenvalue weighted by Gasteiger charge is 2.23. The fourth-order valence-corrected chi connectivity index (χ4v) is 2.22. The van der Waals surface area contributed by atoms with E-state index in [2.05, 4.69) is 15.5 Å². The highest BCUT2D eigenvalue weighted by molar-refractivity contribution is 5.39. The Morgan fingerprint density at radius 3 is 3.07 bits per heavy atom. The number of rotatable bonds is 3. The molecule has 1 aliphatic carbocycles. The van der Waals surface area contributed by atoms with E-state index in [-0.39, 0.29) is 0 Å². The number of aromatic nitrogens is 2. The van der Waals surface area contributed by atoms with E-state index in [9.17, 15) is 0 Å². The fraction of sp³-hybridized carbons (Fsp3) is 0.700. The molecule has 1 aromatic heterocycles. The average Bonchev–Trinajstić information content (AvgIpc) is 2.71. The van der Waals surface area contributed by atoms with Gasteiger partial charge in [0.1, 0.15) is 0 Å². The lowest BCUT2D eigenvalue weighted by molar-refractivity contribution is 0.332. The van der Waals surface area contributed by atoms with E-state index >= 15 is 0 Å². The van der Waals surface area contributed by atoms with Gasteiger partial charge in [0.2, 0.25) is 0 Å². The third kappa shape index (κ3) is 2.07. The van der Waals surface area contributed by atoms with Crippen molar-refractivity contribution in [1.29, 1.82) is 0 Å². The maximum Gasteiger partial charge on any atom is 0.0726 e. The number of H-pyrrole nitrogens is 1. The second kappa shape index (κ2) is 4.46. The molecule has 0 radical (unpaired) electrons. The minimum Gasteiger partial charge on any atom is -0.379 e. The predicted molar refractivity (Wildman–Crippen MR) is 57.0 cm³/mol. The topological polar surface area (TPSA) is 66.7 Å². The van der Waals surface area contributed by atoms with Crippen LogP contribution < -0.4 is 11.1 Å². The van der Waals surface area contributed by atoms with Gasteiger partial charge >= 0.3 is 0 Å². The van der Waals surface area contributed by atoms with Gasteiger partial charge < -0.3 is 11.1 Å². The summed E-state index contributed by atoms with van der Waals surface area (Å²) in [6.07, 6.45) is 8.83. The second-order valence-corrected chi connectivity index (χ2v) is 4.02. The van der Waals surface area contributed by atoms with E-state index in [1.807, 2.05) is 12.4 Å². The molecule has 1 heterocycles. The third-order valence-electron chi connectivity index (χ3n) is 3.06. The Labute approximate surface area is 84.3 Å². The van der Waals surface area contributed by atoms with Crippen molar-refractivity contribution in [3.05, 3.63) is 12.4 Å². The first kappa shape index (κ1) is 9.52. The summed E-state index contributed by atoms with van der Waals surface area (Å²) in [5.41, 5.74) is 6.84. The first-order valence-corrected chi connectivity index (χ1v) is 5.35. The van der Waals surface area contributed by atoms with E-state index in [4.69, 9.17) is 5.73 Å². The summed E-state index contributed by atoms with van der Waals surface area (Å²) < 4.78 is 0. The van der Waals surface area contributed by atoms with E-state index < -0.39 is 0 Å². The van der Waals surface area contributed by atoms with Gasteiger partial charge in [-0.2, -0.15) is 5.10 Å². The number of nitrogens with one attached hydrogen (secondary N) is 2. The molecular formula is C10H18N4. The molecule has 0 aromatic carbocycles. The number of hydrogen-bond donors (Lipinski definition) is 3. The smallest absolute Gasteiger partial charge is 0.0726 e. The van der Waals surface area contributed by atoms with Crippen LogP contribution in [0.3, 0.4) is 0 Å². The molecule has 1 saturated carbocycles. The highest BCUT2D eigenvalue weighted by Crippen LogP contribution is 2.26. The van der Waals surface area contributed by atoms with Gasteiger partial charge in [0.15, 0.2) is 0 Å². The van der Waals surface area contributed by atoms with Crippen LogP contribution in [0, 0.1) is 5.92 Å². The van der Waals surface area contributed by atoms with Crippen LogP contribution >= 0.6 is 0 Å². The largest absolute Gasteiger partial charge is 0.379 e. The normalized spacial score (nSPS) is 27.5. The van der Waals surface area contributed by atoms with Crippen LogP contribution in [0.4, 0.5) is 5.69 Å². The molecule has 0 spiro atoms. The van der Waals surface area contributed by atoms with Crippen molar-refractivity contribution in [1.82, 2.24) is 10.2 Å². The Bertz CT molecular complexity index is 257. The van der Waals surface area contributed by atoms with Crippen molar-refractivity contribution in [2.45, 2.75) is 31.7 Å². The van der Waals surface area contributed by atoms with Gasteiger partial charge in [-0.25, -0.2) is 0 Å². The van der Waals surface area contributed by atoms with Gasteiger partial charge in [-0.15, -0.1) is 0 Å². The van der Waals surface area contributed by atoms with Crippen molar-refractivity contribution in [2.75, 3.05) is 11.9 Å². The standard InChI is InChI=1S/C10H18N4/c11-5-8-3-1-2-4-10(8)14-9-6-12-13-7-9/h6-8,10,14H,1-5,11H2,(H,12,13). The average molecular weight is 194 g/mol. The van der Waals surface area contributed by atoms with E-state index in [0.717, 1.165) is 12.2 Å². The van der Waals surface area contributed by atoms with Gasteiger partial charge in [-0.3, -0.25) is 5.10 Å². The van der Waals surface area contributed by atoms with Gasteiger partial charge in [0.05, 0.1) is 11.9 Å². The van der Waals surface area contributed by atoms with Crippen molar-refractivity contribution in [3.8, 4) is 0 Å². The lowest BCUT2D eigenvalue weighted by atomic mass is 9.84. The SMILES string of the molecule is NCC1CCCCC1Nc1cn[nH]c1. The molecule has 78 valence electrons. The summed E-state index contributed by atoms with van der Waals surface area (Å²) in [5, 5.41) is 10.2. The van der Waals surface area contributed by atoms with E-state index in [0.29, 0.717) is 12.0 Å². The molecule has 4 heteroatoms. The summed E-state index contributed by atoms with van der Waals surface area (Å²) in [6, 6.07) is 0.534. The first-order valence-electron chi connectivity index (χ1n) is 5.35. The highest BCUT2D eigenvalue weighted by atomic mass is 15.1. The van der Waals surface area contributed by atoms with Crippen LogP contribution in [-0.2, 0) is 0 Å². The molecule has 0 bridgehead atoms. The molecular weight excluding hydrogens is 176 g/mol. The summed E-state index contributed by atoms with van der Waals surface area (Å²) in [7, 11) is 0. The quantitative estimate of drug-likeness (QED) is 0.680. The molecule has 2 rings (SSSR count). The van der Waals surface area contributed by atoms with Crippen LogP contribution in [0.1, 0.15) is 25.7 Å². The van der Waals surface area contributed by atoms with Gasteiger partial charge in [-0.05, 0) is 25.3 Å². The van der Waals surface area contributed by atoms with Crippen LogP contribution in [0.5, 0.6) is 0 Å². The first-order chi connectivity index (χ1) is 6.90. The van der Waals surface area contributed by atoms with Crippen LogP contribution in [0.25, 0.3) is 0 Å². The zero-order chi connectivity index (χ0) is 9.80. The Balaban J connectivity index is 1.94. The molecule has 4 N–H and O–H groups in total. The molecule has 1 aromatic rings. The summed E-state index contributed by atoms with van der Waals surface area (Å²) in [4.78, 5) is 0. The Kier molecular flexibility index (Phi) is 3.03. The van der Waals surface area contributed by atoms with Crippen LogP contribution in [0.15, 0.2) is 12.4 Å². The molecule has 0 aliphatic heterocycles. The fourth-order valence-electron chi connectivity index (χ4n) is 2.22. The minimum atomic E-state index is 0.534. The lowest BCUT2D eigenvalue weighted by Gasteiger charge is -2.31. The summed E-state index contributed by atoms with van der Waals surface area (Å²) >= 11 is 0. The van der Waals surface area contributed by atoms with Crippen molar-refractivity contribution in [2.24, 2.45) is 11.7 Å². The second-order valence-electron chi connectivity index (χ2n) is 4.02. The van der Waals surface area contributed by atoms with Crippen LogP contribution in [0.2, 0.25) is 0 Å². The Hall–Kier alpha value is -1.03. The summed E-state index contributed by atoms with van der Waals surface area (Å²) in [6.45, 7) is 0.787. The molecule has 2 atom stereocenters. The molecule has 0 amide bonds. The summed E-state index contributed by atoms with van der Waals surface area (Å²) in [5.74, 6) is 0.624. The Morgan fingerprint density at radius 2 is 2.36 bits per heavy atom. The van der Waals surface area contributed by atoms with Gasteiger partial charge in [0.25, 0.3) is 0 Å². The zero-order valence-electron chi connectivity index (χ0n) is 8.37. The molecule has 2 unspecified atom stereocenters. The number of nitrogens with two attached hydrogens (primary N) is 1. The molecule has 1 aliphatic rings. The molecule has 14 heavy (non-hydrogen) atoms. The maximum absolute atomic E-state index is 5.76. The Morgan fingerprint density at radius 1 is 1.50 bits per heavy atom. The zero-order valence-corrected chi connectivity index (χ0v) is 8.37. The number of hydrogen-bond acceptors (Lipinski definition) is 3. The lowest BCUT2D eigenvalue weighted by Crippen LogP contribution is -2.36. The monoisotopic (exact) mass is 194 g/mol. The number of aromatic amines is 1. The number of nitrogens with zero attached hydrogens (tertiary/aromatic N) is 1. The predicted octanol–water partition coefficient (Wildman–Crippen LogP) is 1.34. The van der Waals surface area contributed by atoms with Crippen LogP contribution in [-0.4, -0.2) is 22.8 Å².